The van der Waals surface area contributed by atoms with Crippen molar-refractivity contribution in [3.63, 3.8) is 0 Å². The smallest absolute Gasteiger partial charge is 0.282 e. The predicted octanol–water partition coefficient (Wildman–Crippen LogP) is 2.48. The lowest BCUT2D eigenvalue weighted by Crippen LogP contribution is -2.15. The Morgan fingerprint density at radius 2 is 2.10 bits per heavy atom. The van der Waals surface area contributed by atoms with Crippen molar-refractivity contribution in [1.29, 1.82) is 0 Å². The van der Waals surface area contributed by atoms with Crippen LogP contribution in [-0.2, 0) is 16.6 Å². The number of aromatic nitrogens is 3. The molecule has 2 heterocycles. The Morgan fingerprint density at radius 3 is 2.65 bits per heavy atom. The van der Waals surface area contributed by atoms with Gasteiger partial charge in [0.15, 0.2) is 5.03 Å². The third-order valence-corrected chi connectivity index (χ3v) is 4.49. The molecule has 0 aliphatic rings. The van der Waals surface area contributed by atoms with E-state index >= 15 is 0 Å². The fourth-order valence-corrected chi connectivity index (χ4v) is 3.29. The monoisotopic (exact) mass is 358 g/mol. The van der Waals surface area contributed by atoms with Crippen molar-refractivity contribution in [1.82, 2.24) is 14.5 Å². The molecule has 0 unspecified atom stereocenters. The lowest BCUT2D eigenvalue weighted by Gasteiger charge is -2.07. The molecule has 0 aliphatic carbocycles. The van der Waals surface area contributed by atoms with Crippen LogP contribution >= 0.6 is 15.9 Å². The number of hydrogen-bond acceptors (Lipinski definition) is 4. The fraction of sp³-hybridized carbons (Fsp3) is 0.333. The van der Waals surface area contributed by atoms with E-state index in [2.05, 4.69) is 30.6 Å². The van der Waals surface area contributed by atoms with Crippen LogP contribution in [0, 0.1) is 13.8 Å². The fourth-order valence-electron chi connectivity index (χ4n) is 1.76. The molecule has 6 nitrogen and oxygen atoms in total. The van der Waals surface area contributed by atoms with Crippen molar-refractivity contribution >= 4 is 31.8 Å². The van der Waals surface area contributed by atoms with E-state index in [4.69, 9.17) is 0 Å². The number of rotatable bonds is 4. The largest absolute Gasteiger partial charge is 0.334 e. The quantitative estimate of drug-likeness (QED) is 0.910. The molecule has 0 amide bonds. The minimum absolute atomic E-state index is 0.000897. The van der Waals surface area contributed by atoms with Crippen LogP contribution in [0.25, 0.3) is 0 Å². The number of anilines is 1. The van der Waals surface area contributed by atoms with E-state index in [-0.39, 0.29) is 5.03 Å². The van der Waals surface area contributed by atoms with Crippen LogP contribution in [0.2, 0.25) is 0 Å². The first kappa shape index (κ1) is 15.0. The summed E-state index contributed by atoms with van der Waals surface area (Å²) in [6.45, 7) is 6.15. The molecule has 0 fully saturated rings. The number of aryl methyl sites for hydroxylation is 3. The van der Waals surface area contributed by atoms with Gasteiger partial charge in [-0.3, -0.25) is 4.72 Å². The van der Waals surface area contributed by atoms with E-state index in [0.717, 1.165) is 10.0 Å². The topological polar surface area (TPSA) is 76.9 Å². The van der Waals surface area contributed by atoms with Gasteiger partial charge >= 0.3 is 0 Å². The molecule has 0 saturated heterocycles. The van der Waals surface area contributed by atoms with Crippen molar-refractivity contribution in [3.8, 4) is 0 Å². The molecule has 0 spiro atoms. The SMILES string of the molecule is CCn1cc(S(=O)(=O)Nc2ncc(Br)cc2C)nc1C. The second-order valence-electron chi connectivity index (χ2n) is 4.34. The highest BCUT2D eigenvalue weighted by atomic mass is 79.9. The van der Waals surface area contributed by atoms with Gasteiger partial charge in [0.2, 0.25) is 0 Å². The van der Waals surface area contributed by atoms with Crippen LogP contribution in [0.1, 0.15) is 18.3 Å². The Balaban J connectivity index is 2.35. The van der Waals surface area contributed by atoms with E-state index in [1.54, 1.807) is 30.7 Å². The minimum atomic E-state index is -3.72. The second-order valence-corrected chi connectivity index (χ2v) is 6.88. The lowest BCUT2D eigenvalue weighted by atomic mass is 10.3. The first-order chi connectivity index (χ1) is 9.33. The number of sulfonamides is 1. The molecular weight excluding hydrogens is 344 g/mol. The molecule has 0 aromatic carbocycles. The van der Waals surface area contributed by atoms with Gasteiger partial charge in [-0.05, 0) is 48.3 Å². The number of pyridine rings is 1. The average Bonchev–Trinajstić information content (AvgIpc) is 2.75. The zero-order valence-corrected chi connectivity index (χ0v) is 13.8. The zero-order valence-electron chi connectivity index (χ0n) is 11.4. The molecule has 108 valence electrons. The van der Waals surface area contributed by atoms with E-state index in [0.29, 0.717) is 18.2 Å². The molecule has 20 heavy (non-hydrogen) atoms. The summed E-state index contributed by atoms with van der Waals surface area (Å²) in [5.41, 5.74) is 0.731. The van der Waals surface area contributed by atoms with Gasteiger partial charge in [0.05, 0.1) is 0 Å². The van der Waals surface area contributed by atoms with Crippen LogP contribution in [0.4, 0.5) is 5.82 Å². The van der Waals surface area contributed by atoms with Crippen LogP contribution in [0.5, 0.6) is 0 Å². The summed E-state index contributed by atoms with van der Waals surface area (Å²) < 4.78 is 29.6. The lowest BCUT2D eigenvalue weighted by molar-refractivity contribution is 0.597. The van der Waals surface area contributed by atoms with Crippen molar-refractivity contribution in [2.75, 3.05) is 4.72 Å². The third-order valence-electron chi connectivity index (χ3n) is 2.85. The molecular formula is C12H15BrN4O2S. The third kappa shape index (κ3) is 3.01. The van der Waals surface area contributed by atoms with Gasteiger partial charge in [-0.1, -0.05) is 0 Å². The van der Waals surface area contributed by atoms with Crippen LogP contribution in [0.15, 0.2) is 28.0 Å². The Kier molecular flexibility index (Phi) is 4.14. The van der Waals surface area contributed by atoms with Crippen LogP contribution < -0.4 is 4.72 Å². The molecule has 2 aromatic heterocycles. The highest BCUT2D eigenvalue weighted by Crippen LogP contribution is 2.20. The van der Waals surface area contributed by atoms with Crippen molar-refractivity contribution in [2.45, 2.75) is 32.3 Å². The summed E-state index contributed by atoms with van der Waals surface area (Å²) in [4.78, 5) is 8.14. The first-order valence-corrected chi connectivity index (χ1v) is 8.30. The number of nitrogens with zero attached hydrogens (tertiary/aromatic N) is 3. The summed E-state index contributed by atoms with van der Waals surface area (Å²) in [5, 5.41) is 0.000897. The minimum Gasteiger partial charge on any atom is -0.334 e. The second kappa shape index (κ2) is 5.53. The van der Waals surface area contributed by atoms with Gasteiger partial charge in [0.25, 0.3) is 10.0 Å². The van der Waals surface area contributed by atoms with Gasteiger partial charge < -0.3 is 4.57 Å². The molecule has 2 aromatic rings. The van der Waals surface area contributed by atoms with E-state index < -0.39 is 10.0 Å². The van der Waals surface area contributed by atoms with E-state index in [1.807, 2.05) is 6.92 Å². The van der Waals surface area contributed by atoms with Gasteiger partial charge in [-0.2, -0.15) is 8.42 Å². The molecule has 0 saturated carbocycles. The van der Waals surface area contributed by atoms with E-state index in [9.17, 15) is 8.42 Å². The van der Waals surface area contributed by atoms with Crippen molar-refractivity contribution in [3.05, 3.63) is 34.3 Å². The van der Waals surface area contributed by atoms with Gasteiger partial charge in [0, 0.05) is 23.4 Å². The van der Waals surface area contributed by atoms with Gasteiger partial charge in [-0.15, -0.1) is 0 Å². The Morgan fingerprint density at radius 1 is 1.40 bits per heavy atom. The van der Waals surface area contributed by atoms with E-state index in [1.165, 1.54) is 6.20 Å². The van der Waals surface area contributed by atoms with Gasteiger partial charge in [0.1, 0.15) is 11.6 Å². The maximum Gasteiger partial charge on any atom is 0.282 e. The standard InChI is InChI=1S/C12H15BrN4O2S/c1-4-17-7-11(15-9(17)3)20(18,19)16-12-8(2)5-10(13)6-14-12/h5-7H,4H2,1-3H3,(H,14,16). The first-order valence-electron chi connectivity index (χ1n) is 6.02. The summed E-state index contributed by atoms with van der Waals surface area (Å²) in [6, 6.07) is 1.79. The van der Waals surface area contributed by atoms with Gasteiger partial charge in [-0.25, -0.2) is 9.97 Å². The predicted molar refractivity (Wildman–Crippen MR) is 80.1 cm³/mol. The maximum atomic E-state index is 12.3. The normalized spacial score (nSPS) is 11.6. The molecule has 0 bridgehead atoms. The molecule has 2 rings (SSSR count). The summed E-state index contributed by atoms with van der Waals surface area (Å²) >= 11 is 3.29. The zero-order chi connectivity index (χ0) is 14.9. The molecule has 1 N–H and O–H groups in total. The highest BCUT2D eigenvalue weighted by molar-refractivity contribution is 9.10. The number of nitrogens with one attached hydrogen (secondary N) is 1. The van der Waals surface area contributed by atoms with Crippen LogP contribution in [0.3, 0.4) is 0 Å². The maximum absolute atomic E-state index is 12.3. The Hall–Kier alpha value is -1.41. The van der Waals surface area contributed by atoms with Crippen molar-refractivity contribution < 1.29 is 8.42 Å². The Bertz CT molecular complexity index is 740. The summed E-state index contributed by atoms with van der Waals surface area (Å²) in [7, 11) is -3.72. The van der Waals surface area contributed by atoms with Crippen LogP contribution in [-0.4, -0.2) is 23.0 Å². The molecule has 8 heteroatoms. The molecule has 0 atom stereocenters. The molecule has 0 aliphatic heterocycles. The average molecular weight is 359 g/mol. The number of imidazole rings is 1. The number of halogens is 1. The Labute approximate surface area is 126 Å². The number of hydrogen-bond donors (Lipinski definition) is 1. The van der Waals surface area contributed by atoms with Crippen molar-refractivity contribution in [2.24, 2.45) is 0 Å². The summed E-state index contributed by atoms with van der Waals surface area (Å²) in [6.07, 6.45) is 3.06. The summed E-state index contributed by atoms with van der Waals surface area (Å²) in [5.74, 6) is 0.963. The highest BCUT2D eigenvalue weighted by Gasteiger charge is 2.20. The molecule has 0 radical (unpaired) electrons.